The molecule has 0 bridgehead atoms. The minimum Gasteiger partial charge on any atom is -0.307 e. The van der Waals surface area contributed by atoms with Crippen molar-refractivity contribution in [1.29, 1.82) is 5.26 Å². The van der Waals surface area contributed by atoms with E-state index in [4.69, 9.17) is 5.26 Å². The largest absolute Gasteiger partial charge is 0.307 e. The maximum atomic E-state index is 8.83. The first-order valence-corrected chi connectivity index (χ1v) is 7.60. The molecule has 0 saturated carbocycles. The number of hydrogen-bond acceptors (Lipinski definition) is 3. The van der Waals surface area contributed by atoms with E-state index in [1.807, 2.05) is 12.1 Å². The molecule has 0 aromatic heterocycles. The SMILES string of the molecule is CC(NC1CCN(C(C)C)CC1)c1ccc(C#N)cc1. The van der Waals surface area contributed by atoms with Gasteiger partial charge in [0.1, 0.15) is 0 Å². The van der Waals surface area contributed by atoms with E-state index in [0.29, 0.717) is 18.1 Å². The molecule has 1 atom stereocenters. The van der Waals surface area contributed by atoms with Crippen LogP contribution in [0.3, 0.4) is 0 Å². The molecule has 0 aliphatic carbocycles. The molecule has 1 fully saturated rings. The van der Waals surface area contributed by atoms with E-state index in [0.717, 1.165) is 5.56 Å². The second-order valence-corrected chi connectivity index (χ2v) is 6.03. The van der Waals surface area contributed by atoms with Crippen molar-refractivity contribution in [3.05, 3.63) is 35.4 Å². The fourth-order valence-corrected chi connectivity index (χ4v) is 2.88. The molecule has 20 heavy (non-hydrogen) atoms. The minimum absolute atomic E-state index is 0.346. The van der Waals surface area contributed by atoms with Gasteiger partial charge in [-0.3, -0.25) is 0 Å². The normalized spacial score (nSPS) is 18.9. The number of nitrogens with zero attached hydrogens (tertiary/aromatic N) is 2. The van der Waals surface area contributed by atoms with E-state index < -0.39 is 0 Å². The van der Waals surface area contributed by atoms with Gasteiger partial charge in [0.2, 0.25) is 0 Å². The third kappa shape index (κ3) is 3.82. The van der Waals surface area contributed by atoms with Crippen molar-refractivity contribution in [2.75, 3.05) is 13.1 Å². The van der Waals surface area contributed by atoms with Crippen LogP contribution in [-0.2, 0) is 0 Å². The number of nitriles is 1. The van der Waals surface area contributed by atoms with Crippen LogP contribution >= 0.6 is 0 Å². The van der Waals surface area contributed by atoms with Gasteiger partial charge in [0, 0.05) is 18.1 Å². The molecule has 1 heterocycles. The Kier molecular flexibility index (Phi) is 5.17. The molecule has 2 rings (SSSR count). The molecule has 1 aliphatic rings. The highest BCUT2D eigenvalue weighted by Gasteiger charge is 2.21. The summed E-state index contributed by atoms with van der Waals surface area (Å²) in [6.45, 7) is 9.13. The van der Waals surface area contributed by atoms with Gasteiger partial charge in [-0.2, -0.15) is 5.26 Å². The van der Waals surface area contributed by atoms with Gasteiger partial charge in [0.25, 0.3) is 0 Å². The highest BCUT2D eigenvalue weighted by Crippen LogP contribution is 2.18. The molecule has 0 spiro atoms. The predicted molar refractivity (Wildman–Crippen MR) is 82.4 cm³/mol. The summed E-state index contributed by atoms with van der Waals surface area (Å²) in [4.78, 5) is 2.55. The average molecular weight is 271 g/mol. The lowest BCUT2D eigenvalue weighted by Gasteiger charge is -2.36. The van der Waals surface area contributed by atoms with E-state index in [2.05, 4.69) is 49.2 Å². The van der Waals surface area contributed by atoms with Crippen molar-refractivity contribution in [3.8, 4) is 6.07 Å². The summed E-state index contributed by atoms with van der Waals surface area (Å²) in [7, 11) is 0. The van der Waals surface area contributed by atoms with E-state index in [1.54, 1.807) is 0 Å². The lowest BCUT2D eigenvalue weighted by Crippen LogP contribution is -2.45. The number of hydrogen-bond donors (Lipinski definition) is 1. The van der Waals surface area contributed by atoms with Crippen LogP contribution in [0.15, 0.2) is 24.3 Å². The van der Waals surface area contributed by atoms with Crippen LogP contribution in [0.5, 0.6) is 0 Å². The van der Waals surface area contributed by atoms with Crippen LogP contribution in [-0.4, -0.2) is 30.1 Å². The zero-order valence-electron chi connectivity index (χ0n) is 12.8. The number of rotatable bonds is 4. The van der Waals surface area contributed by atoms with Crippen LogP contribution in [0.25, 0.3) is 0 Å². The Hall–Kier alpha value is -1.37. The summed E-state index contributed by atoms with van der Waals surface area (Å²) in [5.74, 6) is 0. The molecule has 108 valence electrons. The first kappa shape index (κ1) is 15.0. The third-order valence-corrected chi connectivity index (χ3v) is 4.29. The highest BCUT2D eigenvalue weighted by molar-refractivity contribution is 5.32. The van der Waals surface area contributed by atoms with Gasteiger partial charge in [-0.05, 0) is 64.4 Å². The van der Waals surface area contributed by atoms with Crippen molar-refractivity contribution in [1.82, 2.24) is 10.2 Å². The van der Waals surface area contributed by atoms with Gasteiger partial charge in [-0.15, -0.1) is 0 Å². The first-order chi connectivity index (χ1) is 9.60. The summed E-state index contributed by atoms with van der Waals surface area (Å²) >= 11 is 0. The summed E-state index contributed by atoms with van der Waals surface area (Å²) in [6, 6.07) is 11.7. The average Bonchev–Trinajstić information content (AvgIpc) is 2.48. The number of likely N-dealkylation sites (tertiary alicyclic amines) is 1. The molecule has 0 amide bonds. The molecular weight excluding hydrogens is 246 g/mol. The Labute approximate surface area is 122 Å². The second-order valence-electron chi connectivity index (χ2n) is 6.03. The zero-order valence-corrected chi connectivity index (χ0v) is 12.8. The Balaban J connectivity index is 1.86. The van der Waals surface area contributed by atoms with E-state index >= 15 is 0 Å². The Morgan fingerprint density at radius 1 is 1.15 bits per heavy atom. The Morgan fingerprint density at radius 2 is 1.75 bits per heavy atom. The monoisotopic (exact) mass is 271 g/mol. The van der Waals surface area contributed by atoms with Crippen LogP contribution in [0.4, 0.5) is 0 Å². The van der Waals surface area contributed by atoms with Gasteiger partial charge < -0.3 is 10.2 Å². The molecule has 1 aromatic carbocycles. The zero-order chi connectivity index (χ0) is 14.5. The molecule has 1 unspecified atom stereocenters. The van der Waals surface area contributed by atoms with Crippen LogP contribution in [0.2, 0.25) is 0 Å². The highest BCUT2D eigenvalue weighted by atomic mass is 15.2. The Morgan fingerprint density at radius 3 is 2.25 bits per heavy atom. The van der Waals surface area contributed by atoms with E-state index in [9.17, 15) is 0 Å². The topological polar surface area (TPSA) is 39.1 Å². The Bertz CT molecular complexity index is 450. The van der Waals surface area contributed by atoms with Gasteiger partial charge >= 0.3 is 0 Å². The quantitative estimate of drug-likeness (QED) is 0.914. The van der Waals surface area contributed by atoms with Crippen molar-refractivity contribution in [2.45, 2.75) is 51.7 Å². The molecule has 3 heteroatoms. The van der Waals surface area contributed by atoms with Gasteiger partial charge in [-0.1, -0.05) is 12.1 Å². The molecule has 0 radical (unpaired) electrons. The molecule has 1 saturated heterocycles. The fourth-order valence-electron chi connectivity index (χ4n) is 2.88. The van der Waals surface area contributed by atoms with Crippen molar-refractivity contribution >= 4 is 0 Å². The summed E-state index contributed by atoms with van der Waals surface area (Å²) < 4.78 is 0. The fraction of sp³-hybridized carbons (Fsp3) is 0.588. The van der Waals surface area contributed by atoms with Crippen LogP contribution < -0.4 is 5.32 Å². The molecule has 1 aromatic rings. The predicted octanol–water partition coefficient (Wildman–Crippen LogP) is 3.08. The van der Waals surface area contributed by atoms with Gasteiger partial charge in [-0.25, -0.2) is 0 Å². The number of nitrogens with one attached hydrogen (secondary N) is 1. The molecule has 3 nitrogen and oxygen atoms in total. The number of benzene rings is 1. The van der Waals surface area contributed by atoms with Crippen molar-refractivity contribution in [2.24, 2.45) is 0 Å². The van der Waals surface area contributed by atoms with Gasteiger partial charge in [0.15, 0.2) is 0 Å². The second kappa shape index (κ2) is 6.88. The van der Waals surface area contributed by atoms with Crippen LogP contribution in [0, 0.1) is 11.3 Å². The summed E-state index contributed by atoms with van der Waals surface area (Å²) in [6.07, 6.45) is 2.44. The summed E-state index contributed by atoms with van der Waals surface area (Å²) in [5.41, 5.74) is 1.99. The standard InChI is InChI=1S/C17H25N3/c1-13(2)20-10-8-17(9-11-20)19-14(3)16-6-4-15(12-18)5-7-16/h4-7,13-14,17,19H,8-11H2,1-3H3. The smallest absolute Gasteiger partial charge is 0.0991 e. The molecule has 1 aliphatic heterocycles. The third-order valence-electron chi connectivity index (χ3n) is 4.29. The molecular formula is C17H25N3. The lowest BCUT2D eigenvalue weighted by atomic mass is 10.0. The van der Waals surface area contributed by atoms with Crippen LogP contribution in [0.1, 0.15) is 50.8 Å². The van der Waals surface area contributed by atoms with E-state index in [-0.39, 0.29) is 0 Å². The maximum Gasteiger partial charge on any atom is 0.0991 e. The van der Waals surface area contributed by atoms with Crippen molar-refractivity contribution in [3.63, 3.8) is 0 Å². The van der Waals surface area contributed by atoms with Crippen molar-refractivity contribution < 1.29 is 0 Å². The number of piperidine rings is 1. The maximum absolute atomic E-state index is 8.83. The first-order valence-electron chi connectivity index (χ1n) is 7.60. The molecule has 1 N–H and O–H groups in total. The van der Waals surface area contributed by atoms with Gasteiger partial charge in [0.05, 0.1) is 11.6 Å². The lowest BCUT2D eigenvalue weighted by molar-refractivity contribution is 0.157. The van der Waals surface area contributed by atoms with E-state index in [1.165, 1.54) is 31.5 Å². The minimum atomic E-state index is 0.346. The summed E-state index contributed by atoms with van der Waals surface area (Å²) in [5, 5.41) is 12.5.